The van der Waals surface area contributed by atoms with Gasteiger partial charge in [0, 0.05) is 18.4 Å². The van der Waals surface area contributed by atoms with Gasteiger partial charge in [0.25, 0.3) is 5.56 Å². The number of aryl methyl sites for hydroxylation is 1. The molecule has 20 heavy (non-hydrogen) atoms. The molecular weight excluding hydrogens is 254 g/mol. The average Bonchev–Trinajstić information content (AvgIpc) is 3.23. The Balaban J connectivity index is 2.18. The fourth-order valence-electron chi connectivity index (χ4n) is 2.49. The summed E-state index contributed by atoms with van der Waals surface area (Å²) in [6.07, 6.45) is 7.01. The van der Waals surface area contributed by atoms with Crippen LogP contribution >= 0.6 is 0 Å². The number of nitrogens with zero attached hydrogens (tertiary/aromatic N) is 4. The topological polar surface area (TPSA) is 78.7 Å². The molecule has 106 valence electrons. The van der Waals surface area contributed by atoms with Crippen molar-refractivity contribution in [3.63, 3.8) is 0 Å². The van der Waals surface area contributed by atoms with Crippen LogP contribution in [0.4, 0.5) is 5.69 Å². The normalized spacial score (nSPS) is 14.7. The predicted octanol–water partition coefficient (Wildman–Crippen LogP) is 1.47. The highest BCUT2D eigenvalue weighted by atomic mass is 16.1. The van der Waals surface area contributed by atoms with Crippen LogP contribution in [-0.2, 0) is 12.8 Å². The smallest absolute Gasteiger partial charge is 0.295 e. The Morgan fingerprint density at radius 2 is 2.10 bits per heavy atom. The molecule has 0 aliphatic heterocycles. The number of nitrogens with two attached hydrogens (primary N) is 1. The van der Waals surface area contributed by atoms with Crippen molar-refractivity contribution in [3.05, 3.63) is 34.1 Å². The summed E-state index contributed by atoms with van der Waals surface area (Å²) in [4.78, 5) is 16.8. The van der Waals surface area contributed by atoms with Crippen molar-refractivity contribution in [1.82, 2.24) is 19.3 Å². The van der Waals surface area contributed by atoms with Crippen molar-refractivity contribution in [3.8, 4) is 5.82 Å². The van der Waals surface area contributed by atoms with Crippen LogP contribution in [0.3, 0.4) is 0 Å². The summed E-state index contributed by atoms with van der Waals surface area (Å²) in [5.41, 5.74) is 8.38. The summed E-state index contributed by atoms with van der Waals surface area (Å²) in [5.74, 6) is 0.350. The van der Waals surface area contributed by atoms with Crippen molar-refractivity contribution in [2.75, 3.05) is 5.73 Å². The highest BCUT2D eigenvalue weighted by Gasteiger charge is 2.26. The van der Waals surface area contributed by atoms with Crippen molar-refractivity contribution in [1.29, 1.82) is 0 Å². The Kier molecular flexibility index (Phi) is 3.08. The first-order valence-electron chi connectivity index (χ1n) is 7.11. The summed E-state index contributed by atoms with van der Waals surface area (Å²) in [7, 11) is 0. The Labute approximate surface area is 117 Å². The number of nitrogen functional groups attached to an aromatic ring is 1. The number of aromatic nitrogens is 4. The molecule has 0 amide bonds. The number of rotatable bonds is 4. The van der Waals surface area contributed by atoms with E-state index in [0.717, 1.165) is 37.1 Å². The molecule has 0 spiro atoms. The molecule has 0 aromatic carbocycles. The molecule has 1 fully saturated rings. The molecule has 0 saturated heterocycles. The van der Waals surface area contributed by atoms with E-state index in [-0.39, 0.29) is 5.56 Å². The Hall–Kier alpha value is -2.11. The molecule has 0 unspecified atom stereocenters. The van der Waals surface area contributed by atoms with Gasteiger partial charge in [0.15, 0.2) is 0 Å². The third-order valence-electron chi connectivity index (χ3n) is 3.76. The largest absolute Gasteiger partial charge is 0.396 e. The summed E-state index contributed by atoms with van der Waals surface area (Å²) >= 11 is 0. The summed E-state index contributed by atoms with van der Waals surface area (Å²) < 4.78 is 3.38. The van der Waals surface area contributed by atoms with E-state index in [2.05, 4.69) is 10.1 Å². The van der Waals surface area contributed by atoms with Crippen LogP contribution in [0, 0.1) is 0 Å². The molecule has 6 nitrogen and oxygen atoms in total. The van der Waals surface area contributed by atoms with Gasteiger partial charge in [0.05, 0.1) is 17.1 Å². The zero-order chi connectivity index (χ0) is 14.3. The quantitative estimate of drug-likeness (QED) is 0.915. The molecule has 0 bridgehead atoms. The van der Waals surface area contributed by atoms with Gasteiger partial charge in [0.1, 0.15) is 0 Å². The molecule has 1 saturated carbocycles. The second-order valence-corrected chi connectivity index (χ2v) is 5.12. The maximum absolute atomic E-state index is 12.5. The molecule has 3 rings (SSSR count). The van der Waals surface area contributed by atoms with Crippen molar-refractivity contribution < 1.29 is 0 Å². The van der Waals surface area contributed by atoms with Crippen molar-refractivity contribution in [2.45, 2.75) is 45.6 Å². The van der Waals surface area contributed by atoms with Gasteiger partial charge in [-0.1, -0.05) is 13.8 Å². The van der Waals surface area contributed by atoms with E-state index in [0.29, 0.717) is 17.5 Å². The van der Waals surface area contributed by atoms with E-state index < -0.39 is 0 Å². The molecule has 2 aromatic rings. The minimum absolute atomic E-state index is 0.0881. The summed E-state index contributed by atoms with van der Waals surface area (Å²) in [5, 5.41) is 4.47. The van der Waals surface area contributed by atoms with Gasteiger partial charge < -0.3 is 10.3 Å². The highest BCUT2D eigenvalue weighted by molar-refractivity contribution is 5.50. The zero-order valence-corrected chi connectivity index (χ0v) is 11.8. The van der Waals surface area contributed by atoms with Gasteiger partial charge in [0.2, 0.25) is 5.82 Å². The number of hydrogen-bond donors (Lipinski definition) is 1. The second kappa shape index (κ2) is 4.77. The third-order valence-corrected chi connectivity index (χ3v) is 3.76. The van der Waals surface area contributed by atoms with Crippen LogP contribution in [-0.4, -0.2) is 19.3 Å². The SMILES string of the molecule is CCc1nn(-c2nccn(C3CC3)c2=O)c(CC)c1N. The fraction of sp³-hybridized carbons (Fsp3) is 0.500. The molecular formula is C14H19N5O. The minimum Gasteiger partial charge on any atom is -0.396 e. The fourth-order valence-corrected chi connectivity index (χ4v) is 2.49. The lowest BCUT2D eigenvalue weighted by atomic mass is 10.2. The second-order valence-electron chi connectivity index (χ2n) is 5.12. The van der Waals surface area contributed by atoms with E-state index in [9.17, 15) is 4.79 Å². The summed E-state index contributed by atoms with van der Waals surface area (Å²) in [6.45, 7) is 4.01. The lowest BCUT2D eigenvalue weighted by Gasteiger charge is -2.08. The van der Waals surface area contributed by atoms with Gasteiger partial charge >= 0.3 is 0 Å². The monoisotopic (exact) mass is 273 g/mol. The van der Waals surface area contributed by atoms with E-state index >= 15 is 0 Å². The molecule has 2 heterocycles. The average molecular weight is 273 g/mol. The van der Waals surface area contributed by atoms with Gasteiger partial charge in [-0.15, -0.1) is 0 Å². The van der Waals surface area contributed by atoms with Crippen LogP contribution < -0.4 is 11.3 Å². The number of anilines is 1. The van der Waals surface area contributed by atoms with Crippen LogP contribution in [0.15, 0.2) is 17.2 Å². The van der Waals surface area contributed by atoms with Crippen LogP contribution in [0.25, 0.3) is 5.82 Å². The Morgan fingerprint density at radius 1 is 1.35 bits per heavy atom. The zero-order valence-electron chi connectivity index (χ0n) is 11.8. The van der Waals surface area contributed by atoms with E-state index in [4.69, 9.17) is 5.73 Å². The maximum Gasteiger partial charge on any atom is 0.295 e. The lowest BCUT2D eigenvalue weighted by Crippen LogP contribution is -2.26. The molecule has 0 radical (unpaired) electrons. The Bertz CT molecular complexity index is 696. The predicted molar refractivity (Wildman–Crippen MR) is 77.1 cm³/mol. The third kappa shape index (κ3) is 1.92. The first-order valence-corrected chi connectivity index (χ1v) is 7.11. The van der Waals surface area contributed by atoms with E-state index in [1.807, 2.05) is 13.8 Å². The molecule has 1 aliphatic rings. The molecule has 1 aliphatic carbocycles. The van der Waals surface area contributed by atoms with E-state index in [1.54, 1.807) is 21.6 Å². The minimum atomic E-state index is -0.0881. The lowest BCUT2D eigenvalue weighted by molar-refractivity contribution is 0.668. The maximum atomic E-state index is 12.5. The van der Waals surface area contributed by atoms with Crippen molar-refractivity contribution in [2.24, 2.45) is 0 Å². The summed E-state index contributed by atoms with van der Waals surface area (Å²) in [6, 6.07) is 0.327. The Morgan fingerprint density at radius 3 is 2.70 bits per heavy atom. The molecule has 2 N–H and O–H groups in total. The van der Waals surface area contributed by atoms with Crippen LogP contribution in [0.1, 0.15) is 44.1 Å². The highest BCUT2D eigenvalue weighted by Crippen LogP contribution is 2.33. The van der Waals surface area contributed by atoms with Crippen LogP contribution in [0.5, 0.6) is 0 Å². The van der Waals surface area contributed by atoms with Crippen molar-refractivity contribution >= 4 is 5.69 Å². The van der Waals surface area contributed by atoms with Gasteiger partial charge in [-0.2, -0.15) is 5.10 Å². The van der Waals surface area contributed by atoms with Crippen LogP contribution in [0.2, 0.25) is 0 Å². The van der Waals surface area contributed by atoms with Gasteiger partial charge in [-0.05, 0) is 25.7 Å². The first kappa shape index (κ1) is 12.9. The molecule has 6 heteroatoms. The molecule has 0 atom stereocenters. The number of hydrogen-bond acceptors (Lipinski definition) is 4. The van der Waals surface area contributed by atoms with E-state index in [1.165, 1.54) is 0 Å². The van der Waals surface area contributed by atoms with Gasteiger partial charge in [-0.25, -0.2) is 9.67 Å². The molecule has 2 aromatic heterocycles. The standard InChI is InChI=1S/C14H19N5O/c1-3-10-12(15)11(4-2)19(17-10)13-14(20)18(8-7-16-13)9-5-6-9/h7-9H,3-6,15H2,1-2H3. The van der Waals surface area contributed by atoms with Gasteiger partial charge in [-0.3, -0.25) is 4.79 Å². The first-order chi connectivity index (χ1) is 9.67.